The van der Waals surface area contributed by atoms with Gasteiger partial charge >= 0.3 is 6.18 Å². The van der Waals surface area contributed by atoms with E-state index in [1.165, 1.54) is 17.8 Å². The minimum Gasteiger partial charge on any atom is -0.309 e. The molecule has 0 aliphatic carbocycles. The van der Waals surface area contributed by atoms with Crippen LogP contribution in [0.4, 0.5) is 13.2 Å². The predicted octanol–water partition coefficient (Wildman–Crippen LogP) is 5.98. The van der Waals surface area contributed by atoms with E-state index in [-0.39, 0.29) is 12.4 Å². The van der Waals surface area contributed by atoms with Crippen LogP contribution in [0.25, 0.3) is 5.57 Å². The molecule has 0 aromatic heterocycles. The van der Waals surface area contributed by atoms with Crippen molar-refractivity contribution in [2.75, 3.05) is 20.6 Å². The Morgan fingerprint density at radius 1 is 1.00 bits per heavy atom. The van der Waals surface area contributed by atoms with Crippen LogP contribution in [-0.2, 0) is 6.18 Å². The molecule has 0 bridgehead atoms. The van der Waals surface area contributed by atoms with Crippen molar-refractivity contribution in [1.29, 1.82) is 0 Å². The third-order valence-electron chi connectivity index (χ3n) is 3.92. The molecule has 0 atom stereocenters. The van der Waals surface area contributed by atoms with E-state index in [2.05, 4.69) is 11.0 Å². The Hall–Kier alpha value is -1.43. The molecule has 0 amide bonds. The summed E-state index contributed by atoms with van der Waals surface area (Å²) >= 11 is 1.53. The topological polar surface area (TPSA) is 3.24 Å². The molecule has 0 fully saturated rings. The summed E-state index contributed by atoms with van der Waals surface area (Å²) in [5.74, 6) is 0. The Labute approximate surface area is 156 Å². The maximum Gasteiger partial charge on any atom is 0.416 e. The van der Waals surface area contributed by atoms with E-state index in [9.17, 15) is 13.2 Å². The third kappa shape index (κ3) is 4.40. The summed E-state index contributed by atoms with van der Waals surface area (Å²) in [7, 11) is 3.97. The summed E-state index contributed by atoms with van der Waals surface area (Å²) in [6.07, 6.45) is -1.49. The Bertz CT molecular complexity index is 784. The van der Waals surface area contributed by atoms with Gasteiger partial charge in [0.1, 0.15) is 0 Å². The van der Waals surface area contributed by atoms with E-state index in [0.717, 1.165) is 40.0 Å². The van der Waals surface area contributed by atoms with Crippen LogP contribution in [0, 0.1) is 0 Å². The lowest BCUT2D eigenvalue weighted by molar-refractivity contribution is -0.137. The van der Waals surface area contributed by atoms with Gasteiger partial charge in [-0.15, -0.1) is 12.4 Å². The fraction of sp³-hybridized carbons (Fsp3) is 0.263. The van der Waals surface area contributed by atoms with Gasteiger partial charge in [0.25, 0.3) is 0 Å². The zero-order valence-electron chi connectivity index (χ0n) is 13.9. The molecule has 2 aromatic rings. The van der Waals surface area contributed by atoms with E-state index in [1.54, 1.807) is 6.07 Å². The zero-order chi connectivity index (χ0) is 17.3. The van der Waals surface area contributed by atoms with Crippen LogP contribution in [-0.4, -0.2) is 25.5 Å². The molecule has 1 nitrogen and oxygen atoms in total. The summed E-state index contributed by atoms with van der Waals surface area (Å²) in [6, 6.07) is 11.9. The number of hydrogen-bond donors (Lipinski definition) is 0. The molecule has 1 heterocycles. The quantitative estimate of drug-likeness (QED) is 0.546. The number of fused-ring (bicyclic) bond motifs is 2. The summed E-state index contributed by atoms with van der Waals surface area (Å²) in [5, 5.41) is 0. The highest BCUT2D eigenvalue weighted by Gasteiger charge is 2.32. The van der Waals surface area contributed by atoms with Gasteiger partial charge in [-0.25, -0.2) is 0 Å². The van der Waals surface area contributed by atoms with Crippen LogP contribution in [0.2, 0.25) is 0 Å². The number of nitrogens with zero attached hydrogens (tertiary/aromatic N) is 1. The lowest BCUT2D eigenvalue weighted by Gasteiger charge is -2.23. The Morgan fingerprint density at radius 3 is 2.36 bits per heavy atom. The van der Waals surface area contributed by atoms with Crippen molar-refractivity contribution in [1.82, 2.24) is 4.90 Å². The highest BCUT2D eigenvalue weighted by molar-refractivity contribution is 7.99. The molecule has 25 heavy (non-hydrogen) atoms. The van der Waals surface area contributed by atoms with Gasteiger partial charge < -0.3 is 4.90 Å². The van der Waals surface area contributed by atoms with Crippen molar-refractivity contribution in [3.8, 4) is 0 Å². The molecule has 0 unspecified atom stereocenters. The molecule has 3 rings (SSSR count). The van der Waals surface area contributed by atoms with Crippen LogP contribution in [0.3, 0.4) is 0 Å². The van der Waals surface area contributed by atoms with Crippen molar-refractivity contribution < 1.29 is 13.2 Å². The smallest absolute Gasteiger partial charge is 0.309 e. The maximum atomic E-state index is 13.1. The lowest BCUT2D eigenvalue weighted by Crippen LogP contribution is -2.12. The SMILES string of the molecule is CN(C)CC/C=C1\c2ccccc2Sc2ccc(C(F)(F)F)cc21.Cl. The molecule has 0 radical (unpaired) electrons. The summed E-state index contributed by atoms with van der Waals surface area (Å²) in [4.78, 5) is 4.02. The third-order valence-corrected chi connectivity index (χ3v) is 5.07. The highest BCUT2D eigenvalue weighted by Crippen LogP contribution is 2.46. The second kappa shape index (κ2) is 7.85. The zero-order valence-corrected chi connectivity index (χ0v) is 15.6. The molecule has 0 saturated carbocycles. The van der Waals surface area contributed by atoms with Gasteiger partial charge in [0.2, 0.25) is 0 Å². The Kier molecular flexibility index (Phi) is 6.25. The van der Waals surface area contributed by atoms with Gasteiger partial charge in [-0.1, -0.05) is 36.0 Å². The molecule has 0 saturated heterocycles. The van der Waals surface area contributed by atoms with E-state index >= 15 is 0 Å². The number of benzene rings is 2. The van der Waals surface area contributed by atoms with Gasteiger partial charge in [-0.3, -0.25) is 0 Å². The Morgan fingerprint density at radius 2 is 1.68 bits per heavy atom. The monoisotopic (exact) mass is 385 g/mol. The summed E-state index contributed by atoms with van der Waals surface area (Å²) in [5.41, 5.74) is 1.98. The first kappa shape index (κ1) is 19.9. The van der Waals surface area contributed by atoms with Crippen LogP contribution >= 0.6 is 24.2 Å². The molecule has 0 N–H and O–H groups in total. The summed E-state index contributed by atoms with van der Waals surface area (Å²) < 4.78 is 39.3. The molecule has 1 aliphatic heterocycles. The molecular formula is C19H19ClF3NS. The van der Waals surface area contributed by atoms with Gasteiger partial charge in [0.05, 0.1) is 5.56 Å². The molecule has 134 valence electrons. The molecule has 2 aromatic carbocycles. The first-order valence-electron chi connectivity index (χ1n) is 7.70. The highest BCUT2D eigenvalue weighted by atomic mass is 35.5. The van der Waals surface area contributed by atoms with Gasteiger partial charge in [0.15, 0.2) is 0 Å². The summed E-state index contributed by atoms with van der Waals surface area (Å²) in [6.45, 7) is 0.854. The van der Waals surface area contributed by atoms with Gasteiger partial charge in [-0.2, -0.15) is 13.2 Å². The van der Waals surface area contributed by atoms with Crippen molar-refractivity contribution in [3.63, 3.8) is 0 Å². The van der Waals surface area contributed by atoms with Crippen molar-refractivity contribution in [2.45, 2.75) is 22.4 Å². The molecule has 6 heteroatoms. The van der Waals surface area contributed by atoms with Crippen molar-refractivity contribution in [2.24, 2.45) is 0 Å². The van der Waals surface area contributed by atoms with Crippen molar-refractivity contribution in [3.05, 3.63) is 65.2 Å². The van der Waals surface area contributed by atoms with Gasteiger partial charge in [0, 0.05) is 16.3 Å². The van der Waals surface area contributed by atoms with Crippen LogP contribution in [0.5, 0.6) is 0 Å². The minimum absolute atomic E-state index is 0. The Balaban J connectivity index is 0.00000225. The van der Waals surface area contributed by atoms with Crippen LogP contribution in [0.1, 0.15) is 23.1 Å². The predicted molar refractivity (Wildman–Crippen MR) is 99.5 cm³/mol. The average molecular weight is 386 g/mol. The van der Waals surface area contributed by atoms with E-state index in [0.29, 0.717) is 5.56 Å². The van der Waals surface area contributed by atoms with E-state index < -0.39 is 11.7 Å². The van der Waals surface area contributed by atoms with E-state index in [1.807, 2.05) is 38.4 Å². The largest absolute Gasteiger partial charge is 0.416 e. The number of hydrogen-bond acceptors (Lipinski definition) is 2. The first-order chi connectivity index (χ1) is 11.4. The first-order valence-corrected chi connectivity index (χ1v) is 8.51. The number of rotatable bonds is 3. The average Bonchev–Trinajstić information content (AvgIpc) is 2.52. The normalized spacial score (nSPS) is 14.9. The second-order valence-electron chi connectivity index (χ2n) is 6.02. The van der Waals surface area contributed by atoms with Crippen LogP contribution < -0.4 is 0 Å². The van der Waals surface area contributed by atoms with Gasteiger partial charge in [-0.05, 0) is 61.5 Å². The lowest BCUT2D eigenvalue weighted by atomic mass is 9.94. The second-order valence-corrected chi connectivity index (χ2v) is 7.10. The maximum absolute atomic E-state index is 13.1. The van der Waals surface area contributed by atoms with E-state index in [4.69, 9.17) is 0 Å². The standard InChI is InChI=1S/C19H18F3NS.ClH/c1-23(2)11-5-7-14-15-6-3-4-8-17(15)24-18-10-9-13(12-16(14)18)19(20,21)22;/h3-4,6-10,12H,5,11H2,1-2H3;1H/b14-7+;. The number of halogens is 4. The fourth-order valence-corrected chi connectivity index (χ4v) is 3.82. The van der Waals surface area contributed by atoms with Crippen molar-refractivity contribution >= 4 is 29.7 Å². The molecular weight excluding hydrogens is 367 g/mol. The van der Waals surface area contributed by atoms with Crippen LogP contribution in [0.15, 0.2) is 58.3 Å². The number of alkyl halides is 3. The molecule has 1 aliphatic rings. The fourth-order valence-electron chi connectivity index (χ4n) is 2.73. The molecule has 0 spiro atoms. The minimum atomic E-state index is -4.33.